The number of hydrogen-bond acceptors (Lipinski definition) is 6. The molecule has 4 aromatic rings. The minimum atomic E-state index is -0.606. The van der Waals surface area contributed by atoms with E-state index in [-0.39, 0.29) is 6.04 Å². The van der Waals surface area contributed by atoms with Crippen molar-refractivity contribution in [3.8, 4) is 22.8 Å². The molecule has 0 radical (unpaired) electrons. The molecule has 0 amide bonds. The second-order valence-electron chi connectivity index (χ2n) is 8.42. The van der Waals surface area contributed by atoms with E-state index in [1.165, 1.54) is 6.33 Å². The predicted molar refractivity (Wildman–Crippen MR) is 120 cm³/mol. The van der Waals surface area contributed by atoms with Crippen molar-refractivity contribution in [2.24, 2.45) is 0 Å². The van der Waals surface area contributed by atoms with E-state index >= 15 is 0 Å². The summed E-state index contributed by atoms with van der Waals surface area (Å²) in [5, 5.41) is 16.0. The average Bonchev–Trinajstić information content (AvgIpc) is 3.16. The molecule has 2 aromatic carbocycles. The standard InChI is InChI=1S/C24H25N5O2/c1-24(30)13-11-17(12-14-24)29-23-20(22(25)26-15-27-23)21(28-29)16-7-9-19(10-8-16)31-18-5-3-2-4-6-18/h2-10,15,17,30H,11-14H2,1H3,(H2,25,26,27). The van der Waals surface area contributed by atoms with E-state index in [9.17, 15) is 5.11 Å². The van der Waals surface area contributed by atoms with Crippen LogP contribution in [0.2, 0.25) is 0 Å². The highest BCUT2D eigenvalue weighted by molar-refractivity contribution is 5.98. The summed E-state index contributed by atoms with van der Waals surface area (Å²) in [5.74, 6) is 1.95. The van der Waals surface area contributed by atoms with Crippen molar-refractivity contribution in [2.75, 3.05) is 5.73 Å². The number of para-hydroxylation sites is 1. The molecule has 2 heterocycles. The smallest absolute Gasteiger partial charge is 0.164 e. The number of ether oxygens (including phenoxy) is 1. The van der Waals surface area contributed by atoms with Crippen molar-refractivity contribution in [1.82, 2.24) is 19.7 Å². The maximum atomic E-state index is 10.3. The number of aromatic nitrogens is 4. The monoisotopic (exact) mass is 415 g/mol. The first kappa shape index (κ1) is 19.5. The van der Waals surface area contributed by atoms with Crippen molar-refractivity contribution in [1.29, 1.82) is 0 Å². The molecule has 0 atom stereocenters. The van der Waals surface area contributed by atoms with Crippen LogP contribution in [0.15, 0.2) is 60.9 Å². The third-order valence-corrected chi connectivity index (χ3v) is 6.00. The maximum absolute atomic E-state index is 10.3. The number of nitrogens with zero attached hydrogens (tertiary/aromatic N) is 4. The fraction of sp³-hybridized carbons (Fsp3) is 0.292. The number of aliphatic hydroxyl groups is 1. The van der Waals surface area contributed by atoms with E-state index in [0.29, 0.717) is 5.82 Å². The summed E-state index contributed by atoms with van der Waals surface area (Å²) in [6.45, 7) is 1.90. The zero-order valence-electron chi connectivity index (χ0n) is 17.4. The number of rotatable bonds is 4. The summed E-state index contributed by atoms with van der Waals surface area (Å²) in [5.41, 5.74) is 8.06. The normalized spacial score (nSPS) is 21.3. The Morgan fingerprint density at radius 2 is 1.68 bits per heavy atom. The number of benzene rings is 2. The van der Waals surface area contributed by atoms with Gasteiger partial charge in [-0.2, -0.15) is 5.10 Å². The van der Waals surface area contributed by atoms with Crippen molar-refractivity contribution >= 4 is 16.9 Å². The molecular formula is C24H25N5O2. The van der Waals surface area contributed by atoms with Crippen molar-refractivity contribution in [3.63, 3.8) is 0 Å². The fourth-order valence-electron chi connectivity index (χ4n) is 4.23. The van der Waals surface area contributed by atoms with Crippen molar-refractivity contribution in [2.45, 2.75) is 44.2 Å². The van der Waals surface area contributed by atoms with E-state index in [1.807, 2.05) is 66.2 Å². The van der Waals surface area contributed by atoms with Crippen LogP contribution in [0.5, 0.6) is 11.5 Å². The first-order valence-electron chi connectivity index (χ1n) is 10.5. The molecule has 3 N–H and O–H groups in total. The summed E-state index contributed by atoms with van der Waals surface area (Å²) >= 11 is 0. The summed E-state index contributed by atoms with van der Waals surface area (Å²) < 4.78 is 7.87. The molecule has 158 valence electrons. The molecule has 0 bridgehead atoms. The predicted octanol–water partition coefficient (Wildman–Crippen LogP) is 4.73. The third kappa shape index (κ3) is 3.84. The van der Waals surface area contributed by atoms with Gasteiger partial charge in [-0.15, -0.1) is 0 Å². The minimum Gasteiger partial charge on any atom is -0.457 e. The van der Waals surface area contributed by atoms with Crippen molar-refractivity contribution < 1.29 is 9.84 Å². The van der Waals surface area contributed by atoms with Crippen LogP contribution in [0, 0.1) is 0 Å². The van der Waals surface area contributed by atoms with Crippen LogP contribution in [-0.2, 0) is 0 Å². The Balaban J connectivity index is 1.50. The molecule has 1 fully saturated rings. The molecule has 1 aliphatic carbocycles. The second kappa shape index (κ2) is 7.67. The molecule has 0 aliphatic heterocycles. The fourth-order valence-corrected chi connectivity index (χ4v) is 4.23. The van der Waals surface area contributed by atoms with Gasteiger partial charge in [-0.1, -0.05) is 18.2 Å². The molecule has 0 unspecified atom stereocenters. The Morgan fingerprint density at radius 3 is 2.39 bits per heavy atom. The van der Waals surface area contributed by atoms with Crippen LogP contribution >= 0.6 is 0 Å². The Bertz CT molecular complexity index is 1190. The van der Waals surface area contributed by atoms with Gasteiger partial charge >= 0.3 is 0 Å². The molecule has 0 spiro atoms. The van der Waals surface area contributed by atoms with Gasteiger partial charge in [0.15, 0.2) is 5.65 Å². The Labute approximate surface area is 180 Å². The molecule has 31 heavy (non-hydrogen) atoms. The molecule has 1 aliphatic rings. The summed E-state index contributed by atoms with van der Waals surface area (Å²) in [7, 11) is 0. The van der Waals surface area contributed by atoms with Gasteiger partial charge in [0, 0.05) is 5.56 Å². The zero-order valence-corrected chi connectivity index (χ0v) is 17.4. The van der Waals surface area contributed by atoms with Crippen LogP contribution in [0.4, 0.5) is 5.82 Å². The lowest BCUT2D eigenvalue weighted by molar-refractivity contribution is 0.00900. The average molecular weight is 415 g/mol. The zero-order chi connectivity index (χ0) is 21.4. The first-order valence-corrected chi connectivity index (χ1v) is 10.5. The lowest BCUT2D eigenvalue weighted by atomic mass is 9.84. The third-order valence-electron chi connectivity index (χ3n) is 6.00. The Kier molecular flexibility index (Phi) is 4.82. The maximum Gasteiger partial charge on any atom is 0.164 e. The van der Waals surface area contributed by atoms with Gasteiger partial charge < -0.3 is 15.6 Å². The highest BCUT2D eigenvalue weighted by atomic mass is 16.5. The molecule has 1 saturated carbocycles. The largest absolute Gasteiger partial charge is 0.457 e. The van der Waals surface area contributed by atoms with E-state index in [2.05, 4.69) is 9.97 Å². The van der Waals surface area contributed by atoms with E-state index in [4.69, 9.17) is 15.6 Å². The summed E-state index contributed by atoms with van der Waals surface area (Å²) in [6, 6.07) is 17.6. The molecular weight excluding hydrogens is 390 g/mol. The number of hydrogen-bond donors (Lipinski definition) is 2. The van der Waals surface area contributed by atoms with Crippen molar-refractivity contribution in [3.05, 3.63) is 60.9 Å². The van der Waals surface area contributed by atoms with Crippen LogP contribution < -0.4 is 10.5 Å². The highest BCUT2D eigenvalue weighted by Gasteiger charge is 2.31. The van der Waals surface area contributed by atoms with Gasteiger partial charge in [-0.05, 0) is 69.0 Å². The Morgan fingerprint density at radius 1 is 1.00 bits per heavy atom. The van der Waals surface area contributed by atoms with Crippen LogP contribution in [0.25, 0.3) is 22.3 Å². The van der Waals surface area contributed by atoms with E-state index in [1.54, 1.807) is 0 Å². The van der Waals surface area contributed by atoms with Gasteiger partial charge in [0.1, 0.15) is 29.3 Å². The molecule has 7 nitrogen and oxygen atoms in total. The second-order valence-corrected chi connectivity index (χ2v) is 8.42. The number of nitrogen functional groups attached to an aromatic ring is 1. The van der Waals surface area contributed by atoms with Crippen LogP contribution in [0.3, 0.4) is 0 Å². The van der Waals surface area contributed by atoms with Crippen LogP contribution in [-0.4, -0.2) is 30.5 Å². The molecule has 5 rings (SSSR count). The number of anilines is 1. The lowest BCUT2D eigenvalue weighted by Gasteiger charge is -2.33. The SMILES string of the molecule is CC1(O)CCC(n2nc(-c3ccc(Oc4ccccc4)cc3)c3c(N)ncnc32)CC1. The highest BCUT2D eigenvalue weighted by Crippen LogP contribution is 2.38. The van der Waals surface area contributed by atoms with Gasteiger partial charge in [0.25, 0.3) is 0 Å². The van der Waals surface area contributed by atoms with Crippen LogP contribution in [0.1, 0.15) is 38.6 Å². The number of fused-ring (bicyclic) bond motifs is 1. The lowest BCUT2D eigenvalue weighted by Crippen LogP contribution is -2.31. The Hall–Kier alpha value is -3.45. The van der Waals surface area contributed by atoms with E-state index in [0.717, 1.165) is 59.5 Å². The van der Waals surface area contributed by atoms with E-state index < -0.39 is 5.60 Å². The number of nitrogens with two attached hydrogens (primary N) is 1. The van der Waals surface area contributed by atoms with Gasteiger partial charge in [0.2, 0.25) is 0 Å². The minimum absolute atomic E-state index is 0.173. The topological polar surface area (TPSA) is 99.1 Å². The quantitative estimate of drug-likeness (QED) is 0.500. The van der Waals surface area contributed by atoms with Gasteiger partial charge in [0.05, 0.1) is 17.0 Å². The summed E-state index contributed by atoms with van der Waals surface area (Å²) in [6.07, 6.45) is 4.64. The van der Waals surface area contributed by atoms with Gasteiger partial charge in [-0.3, -0.25) is 0 Å². The molecule has 7 heteroatoms. The van der Waals surface area contributed by atoms with Gasteiger partial charge in [-0.25, -0.2) is 14.6 Å². The first-order chi connectivity index (χ1) is 15.0. The summed E-state index contributed by atoms with van der Waals surface area (Å²) in [4.78, 5) is 8.69. The molecule has 0 saturated heterocycles. The molecule has 2 aromatic heterocycles.